The van der Waals surface area contributed by atoms with Gasteiger partial charge in [-0.2, -0.15) is 0 Å². The zero-order chi connectivity index (χ0) is 18.0. The Morgan fingerprint density at radius 2 is 1.92 bits per heavy atom. The van der Waals surface area contributed by atoms with Crippen LogP contribution >= 0.6 is 11.6 Å². The van der Waals surface area contributed by atoms with E-state index in [9.17, 15) is 18.8 Å². The molecule has 1 atom stereocenters. The highest BCUT2D eigenvalue weighted by Gasteiger charge is 2.40. The fourth-order valence-electron chi connectivity index (χ4n) is 2.49. The Morgan fingerprint density at radius 1 is 1.16 bits per heavy atom. The molecule has 128 valence electrons. The average molecular weight is 362 g/mol. The van der Waals surface area contributed by atoms with Gasteiger partial charge in [0.1, 0.15) is 11.9 Å². The van der Waals surface area contributed by atoms with Crippen LogP contribution < -0.4 is 15.8 Å². The van der Waals surface area contributed by atoms with E-state index in [0.29, 0.717) is 5.69 Å². The first-order valence-electron chi connectivity index (χ1n) is 7.40. The van der Waals surface area contributed by atoms with Crippen LogP contribution in [0.1, 0.15) is 16.8 Å². The maximum absolute atomic E-state index is 13.1. The third-order valence-corrected chi connectivity index (χ3v) is 4.01. The van der Waals surface area contributed by atoms with Gasteiger partial charge >= 0.3 is 0 Å². The first kappa shape index (κ1) is 17.1. The minimum Gasteiger partial charge on any atom is -0.287 e. The van der Waals surface area contributed by atoms with E-state index in [4.69, 9.17) is 11.6 Å². The number of imide groups is 1. The van der Waals surface area contributed by atoms with Crippen molar-refractivity contribution in [2.75, 3.05) is 4.90 Å². The minimum atomic E-state index is -0.929. The van der Waals surface area contributed by atoms with Crippen molar-refractivity contribution in [1.82, 2.24) is 10.9 Å². The standard InChI is InChI=1S/C17H13ClFN3O3/c18-12-6-1-2-7-14(12)22-15(23)9-13(17(22)25)20-21-16(24)10-4-3-5-11(19)8-10/h1-8,13,20H,9H2,(H,21,24)/t13-/m1/s1. The number of nitrogens with zero attached hydrogens (tertiary/aromatic N) is 1. The number of benzene rings is 2. The zero-order valence-corrected chi connectivity index (χ0v) is 13.6. The van der Waals surface area contributed by atoms with Crippen LogP contribution in [0.15, 0.2) is 48.5 Å². The summed E-state index contributed by atoms with van der Waals surface area (Å²) in [6.07, 6.45) is -0.131. The van der Waals surface area contributed by atoms with Crippen molar-refractivity contribution in [3.8, 4) is 0 Å². The van der Waals surface area contributed by atoms with Crippen molar-refractivity contribution in [1.29, 1.82) is 0 Å². The third kappa shape index (κ3) is 3.52. The molecule has 0 bridgehead atoms. The molecule has 0 radical (unpaired) electrons. The van der Waals surface area contributed by atoms with Crippen LogP contribution in [0.2, 0.25) is 5.02 Å². The summed E-state index contributed by atoms with van der Waals surface area (Å²) in [4.78, 5) is 37.6. The molecule has 1 fully saturated rings. The molecule has 2 aromatic carbocycles. The molecule has 0 spiro atoms. The summed E-state index contributed by atoms with van der Waals surface area (Å²) in [6, 6.07) is 10.7. The molecule has 3 rings (SSSR count). The van der Waals surface area contributed by atoms with Gasteiger partial charge in [-0.25, -0.2) is 14.7 Å². The molecule has 2 N–H and O–H groups in total. The number of hydrogen-bond donors (Lipinski definition) is 2. The third-order valence-electron chi connectivity index (χ3n) is 3.69. The first-order chi connectivity index (χ1) is 12.0. The predicted molar refractivity (Wildman–Crippen MR) is 89.4 cm³/mol. The second-order valence-electron chi connectivity index (χ2n) is 5.38. The molecule has 2 aromatic rings. The molecular weight excluding hydrogens is 349 g/mol. The second kappa shape index (κ2) is 7.00. The normalized spacial score (nSPS) is 17.0. The Hall–Kier alpha value is -2.77. The second-order valence-corrected chi connectivity index (χ2v) is 5.79. The molecule has 1 aliphatic rings. The topological polar surface area (TPSA) is 78.5 Å². The predicted octanol–water partition coefficient (Wildman–Crippen LogP) is 2.05. The number of amides is 3. The number of para-hydroxylation sites is 1. The maximum Gasteiger partial charge on any atom is 0.265 e. The summed E-state index contributed by atoms with van der Waals surface area (Å²) in [5, 5.41) is 0.272. The molecular formula is C17H13ClFN3O3. The monoisotopic (exact) mass is 361 g/mol. The number of carbonyl (C=O) groups is 3. The van der Waals surface area contributed by atoms with Gasteiger partial charge in [0, 0.05) is 5.56 Å². The SMILES string of the molecule is O=C(NN[C@@H]1CC(=O)N(c2ccccc2Cl)C1=O)c1cccc(F)c1. The molecule has 1 heterocycles. The number of hydrogen-bond acceptors (Lipinski definition) is 4. The number of anilines is 1. The van der Waals surface area contributed by atoms with Crippen LogP contribution in [0.4, 0.5) is 10.1 Å². The van der Waals surface area contributed by atoms with Gasteiger partial charge in [0.15, 0.2) is 0 Å². The van der Waals surface area contributed by atoms with E-state index in [2.05, 4.69) is 10.9 Å². The first-order valence-corrected chi connectivity index (χ1v) is 7.78. The van der Waals surface area contributed by atoms with Gasteiger partial charge in [0.05, 0.1) is 17.1 Å². The average Bonchev–Trinajstić information content (AvgIpc) is 2.87. The quantitative estimate of drug-likeness (QED) is 0.645. The van der Waals surface area contributed by atoms with Gasteiger partial charge in [0.25, 0.3) is 11.8 Å². The highest BCUT2D eigenvalue weighted by atomic mass is 35.5. The molecule has 1 aliphatic heterocycles. The number of nitrogens with one attached hydrogen (secondary N) is 2. The maximum atomic E-state index is 13.1. The Morgan fingerprint density at radius 3 is 2.64 bits per heavy atom. The Bertz CT molecular complexity index is 859. The van der Waals surface area contributed by atoms with E-state index in [-0.39, 0.29) is 17.0 Å². The molecule has 8 heteroatoms. The Kier molecular flexibility index (Phi) is 4.78. The van der Waals surface area contributed by atoms with E-state index < -0.39 is 29.6 Å². The van der Waals surface area contributed by atoms with Crippen LogP contribution in [-0.4, -0.2) is 23.8 Å². The number of hydrazine groups is 1. The largest absolute Gasteiger partial charge is 0.287 e. The van der Waals surface area contributed by atoms with E-state index in [1.54, 1.807) is 24.3 Å². The lowest BCUT2D eigenvalue weighted by atomic mass is 10.2. The van der Waals surface area contributed by atoms with E-state index in [0.717, 1.165) is 11.0 Å². The minimum absolute atomic E-state index is 0.0900. The van der Waals surface area contributed by atoms with Crippen molar-refractivity contribution in [2.45, 2.75) is 12.5 Å². The van der Waals surface area contributed by atoms with Crippen molar-refractivity contribution < 1.29 is 18.8 Å². The molecule has 0 saturated carbocycles. The molecule has 25 heavy (non-hydrogen) atoms. The van der Waals surface area contributed by atoms with Crippen LogP contribution in [0.5, 0.6) is 0 Å². The summed E-state index contributed by atoms with van der Waals surface area (Å²) < 4.78 is 13.1. The smallest absolute Gasteiger partial charge is 0.265 e. The lowest BCUT2D eigenvalue weighted by Gasteiger charge is -2.17. The lowest BCUT2D eigenvalue weighted by Crippen LogP contribution is -2.48. The van der Waals surface area contributed by atoms with Crippen molar-refractivity contribution in [3.63, 3.8) is 0 Å². The molecule has 0 aliphatic carbocycles. The molecule has 0 unspecified atom stereocenters. The highest BCUT2D eigenvalue weighted by molar-refractivity contribution is 6.36. The van der Waals surface area contributed by atoms with E-state index in [1.165, 1.54) is 18.2 Å². The lowest BCUT2D eigenvalue weighted by molar-refractivity contribution is -0.121. The number of carbonyl (C=O) groups excluding carboxylic acids is 3. The van der Waals surface area contributed by atoms with Crippen molar-refractivity contribution in [3.05, 3.63) is 64.9 Å². The zero-order valence-electron chi connectivity index (χ0n) is 12.8. The van der Waals surface area contributed by atoms with E-state index in [1.807, 2.05) is 0 Å². The van der Waals surface area contributed by atoms with Crippen LogP contribution in [0.3, 0.4) is 0 Å². The van der Waals surface area contributed by atoms with Crippen molar-refractivity contribution >= 4 is 35.0 Å². The van der Waals surface area contributed by atoms with Crippen LogP contribution in [0, 0.1) is 5.82 Å². The van der Waals surface area contributed by atoms with Gasteiger partial charge < -0.3 is 0 Å². The fourth-order valence-corrected chi connectivity index (χ4v) is 2.71. The molecule has 1 saturated heterocycles. The molecule has 0 aromatic heterocycles. The van der Waals surface area contributed by atoms with Crippen LogP contribution in [-0.2, 0) is 9.59 Å². The molecule has 3 amide bonds. The number of rotatable bonds is 4. The van der Waals surface area contributed by atoms with Gasteiger partial charge in [0.2, 0.25) is 5.91 Å². The summed E-state index contributed by atoms with van der Waals surface area (Å²) in [7, 11) is 0. The fraction of sp³-hybridized carbons (Fsp3) is 0.118. The Balaban J connectivity index is 1.69. The van der Waals surface area contributed by atoms with Gasteiger partial charge in [-0.15, -0.1) is 0 Å². The summed E-state index contributed by atoms with van der Waals surface area (Å²) in [6.45, 7) is 0. The summed E-state index contributed by atoms with van der Waals surface area (Å²) in [5.74, 6) is -2.13. The van der Waals surface area contributed by atoms with Gasteiger partial charge in [-0.3, -0.25) is 19.8 Å². The Labute approximate surface area is 147 Å². The summed E-state index contributed by atoms with van der Waals surface area (Å²) >= 11 is 6.03. The van der Waals surface area contributed by atoms with Gasteiger partial charge in [-0.05, 0) is 30.3 Å². The van der Waals surface area contributed by atoms with E-state index >= 15 is 0 Å². The van der Waals surface area contributed by atoms with Crippen molar-refractivity contribution in [2.24, 2.45) is 0 Å². The van der Waals surface area contributed by atoms with Gasteiger partial charge in [-0.1, -0.05) is 29.8 Å². The number of halogens is 2. The summed E-state index contributed by atoms with van der Waals surface area (Å²) in [5.41, 5.74) is 5.22. The molecule has 6 nitrogen and oxygen atoms in total. The van der Waals surface area contributed by atoms with Crippen LogP contribution in [0.25, 0.3) is 0 Å². The highest BCUT2D eigenvalue weighted by Crippen LogP contribution is 2.29.